The van der Waals surface area contributed by atoms with Gasteiger partial charge in [0.1, 0.15) is 5.76 Å². The quantitative estimate of drug-likeness (QED) is 0.883. The van der Waals surface area contributed by atoms with Gasteiger partial charge in [0, 0.05) is 30.0 Å². The van der Waals surface area contributed by atoms with Crippen LogP contribution in [0.25, 0.3) is 0 Å². The average Bonchev–Trinajstić information content (AvgIpc) is 3.13. The molecule has 5 nitrogen and oxygen atoms in total. The van der Waals surface area contributed by atoms with Gasteiger partial charge in [0.15, 0.2) is 10.9 Å². The summed E-state index contributed by atoms with van der Waals surface area (Å²) in [6.07, 6.45) is 2.41. The normalized spacial score (nSPS) is 22.5. The van der Waals surface area contributed by atoms with Crippen molar-refractivity contribution in [2.75, 3.05) is 4.90 Å². The van der Waals surface area contributed by atoms with Crippen LogP contribution in [-0.2, 0) is 4.79 Å². The molecule has 4 rings (SSSR count). The van der Waals surface area contributed by atoms with Crippen LogP contribution in [0, 0.1) is 5.41 Å². The van der Waals surface area contributed by atoms with Crippen LogP contribution in [0.15, 0.2) is 47.2 Å². The molecule has 2 aliphatic rings. The lowest BCUT2D eigenvalue weighted by Gasteiger charge is -2.33. The molecule has 1 aromatic carbocycles. The van der Waals surface area contributed by atoms with Gasteiger partial charge in [0.25, 0.3) is 5.91 Å². The number of aliphatic hydroxyl groups excluding tert-OH is 1. The van der Waals surface area contributed by atoms with E-state index in [1.807, 2.05) is 26.0 Å². The van der Waals surface area contributed by atoms with Crippen molar-refractivity contribution in [1.82, 2.24) is 4.98 Å². The Morgan fingerprint density at radius 3 is 2.68 bits per heavy atom. The number of fused-ring (bicyclic) bond motifs is 1. The second kappa shape index (κ2) is 5.52. The Morgan fingerprint density at radius 1 is 1.24 bits per heavy atom. The van der Waals surface area contributed by atoms with Crippen molar-refractivity contribution >= 4 is 28.2 Å². The Hall–Kier alpha value is -2.47. The highest BCUT2D eigenvalue weighted by Gasteiger charge is 2.46. The van der Waals surface area contributed by atoms with Crippen LogP contribution in [0.1, 0.15) is 48.7 Å². The highest BCUT2D eigenvalue weighted by Crippen LogP contribution is 2.47. The number of nitrogens with zero attached hydrogens (tertiary/aromatic N) is 2. The number of amides is 1. The lowest BCUT2D eigenvalue weighted by atomic mass is 9.74. The molecular formula is C19H18N2O3S. The number of benzene rings is 1. The van der Waals surface area contributed by atoms with Gasteiger partial charge in [-0.25, -0.2) is 4.98 Å². The Balaban J connectivity index is 1.91. The van der Waals surface area contributed by atoms with Crippen LogP contribution in [0.2, 0.25) is 0 Å². The summed E-state index contributed by atoms with van der Waals surface area (Å²) in [5.41, 5.74) is 1.35. The number of rotatable bonds is 2. The first-order valence-electron chi connectivity index (χ1n) is 8.16. The first kappa shape index (κ1) is 16.0. The summed E-state index contributed by atoms with van der Waals surface area (Å²) in [4.78, 5) is 31.6. The highest BCUT2D eigenvalue weighted by atomic mass is 32.1. The maximum atomic E-state index is 13.0. The van der Waals surface area contributed by atoms with Crippen molar-refractivity contribution in [2.45, 2.75) is 32.7 Å². The van der Waals surface area contributed by atoms with E-state index in [1.54, 1.807) is 23.7 Å². The minimum absolute atomic E-state index is 0.0808. The van der Waals surface area contributed by atoms with E-state index in [2.05, 4.69) is 4.98 Å². The molecule has 1 N–H and O–H groups in total. The summed E-state index contributed by atoms with van der Waals surface area (Å²) in [5, 5.41) is 13.0. The molecule has 0 saturated heterocycles. The van der Waals surface area contributed by atoms with Gasteiger partial charge in [-0.3, -0.25) is 14.5 Å². The monoisotopic (exact) mass is 354 g/mol. The first-order chi connectivity index (χ1) is 11.9. The number of hydrogen-bond acceptors (Lipinski definition) is 5. The lowest BCUT2D eigenvalue weighted by molar-refractivity contribution is -0.118. The minimum atomic E-state index is -0.613. The van der Waals surface area contributed by atoms with E-state index in [9.17, 15) is 14.7 Å². The predicted octanol–water partition coefficient (Wildman–Crippen LogP) is 4.05. The number of aliphatic hydroxyl groups is 1. The standard InChI is InChI=1S/C19H18N2O3S/c1-19(2)9-13(22)15(14(23)10-19)16-11-5-3-4-6-12(11)17(24)21(16)18-20-7-8-25-18/h3-8,16,22H,9-10H2,1-2H3. The average molecular weight is 354 g/mol. The molecule has 0 radical (unpaired) electrons. The van der Waals surface area contributed by atoms with E-state index >= 15 is 0 Å². The molecule has 25 heavy (non-hydrogen) atoms. The van der Waals surface area contributed by atoms with E-state index in [0.717, 1.165) is 5.56 Å². The van der Waals surface area contributed by atoms with Gasteiger partial charge in [-0.1, -0.05) is 32.0 Å². The number of carbonyl (C=O) groups excluding carboxylic acids is 2. The maximum absolute atomic E-state index is 13.0. The molecule has 6 heteroatoms. The van der Waals surface area contributed by atoms with Crippen molar-refractivity contribution in [3.8, 4) is 0 Å². The van der Waals surface area contributed by atoms with Gasteiger partial charge in [-0.15, -0.1) is 11.3 Å². The van der Waals surface area contributed by atoms with Gasteiger partial charge >= 0.3 is 0 Å². The third kappa shape index (κ3) is 2.48. The van der Waals surface area contributed by atoms with Crippen molar-refractivity contribution < 1.29 is 14.7 Å². The molecule has 1 atom stereocenters. The van der Waals surface area contributed by atoms with Crippen LogP contribution in [0.3, 0.4) is 0 Å². The van der Waals surface area contributed by atoms with Crippen molar-refractivity contribution in [1.29, 1.82) is 0 Å². The summed E-state index contributed by atoms with van der Waals surface area (Å²) < 4.78 is 0. The van der Waals surface area contributed by atoms with Crippen LogP contribution >= 0.6 is 11.3 Å². The van der Waals surface area contributed by atoms with Gasteiger partial charge < -0.3 is 5.11 Å². The van der Waals surface area contributed by atoms with Crippen LogP contribution in [-0.4, -0.2) is 21.8 Å². The smallest absolute Gasteiger partial charge is 0.261 e. The molecule has 0 fully saturated rings. The molecule has 2 heterocycles. The van der Waals surface area contributed by atoms with Crippen molar-refractivity contribution in [2.24, 2.45) is 5.41 Å². The molecule has 1 aliphatic heterocycles. The number of allylic oxidation sites excluding steroid dienone is 1. The molecule has 1 unspecified atom stereocenters. The largest absolute Gasteiger partial charge is 0.512 e. The zero-order chi connectivity index (χ0) is 17.8. The second-order valence-electron chi connectivity index (χ2n) is 7.28. The summed E-state index contributed by atoms with van der Waals surface area (Å²) >= 11 is 1.34. The summed E-state index contributed by atoms with van der Waals surface area (Å²) in [7, 11) is 0. The minimum Gasteiger partial charge on any atom is -0.512 e. The van der Waals surface area contributed by atoms with Crippen molar-refractivity contribution in [3.63, 3.8) is 0 Å². The Kier molecular flexibility index (Phi) is 3.54. The Morgan fingerprint density at radius 2 is 2.00 bits per heavy atom. The number of Topliss-reactive ketones (excluding diaryl/α,β-unsaturated/α-hetero) is 1. The number of anilines is 1. The SMILES string of the molecule is CC1(C)CC(=O)C(C2c3ccccc3C(=O)N2c2nccs2)=C(O)C1. The first-order valence-corrected chi connectivity index (χ1v) is 9.04. The van der Waals surface area contributed by atoms with E-state index in [1.165, 1.54) is 16.2 Å². The highest BCUT2D eigenvalue weighted by molar-refractivity contribution is 7.13. The molecule has 1 amide bonds. The Bertz CT molecular complexity index is 899. The number of thiazole rings is 1. The summed E-state index contributed by atoms with van der Waals surface area (Å²) in [6, 6.07) is 6.64. The molecule has 0 spiro atoms. The molecule has 0 bridgehead atoms. The Labute approximate surface area is 149 Å². The lowest BCUT2D eigenvalue weighted by Crippen LogP contribution is -2.35. The van der Waals surface area contributed by atoms with E-state index in [0.29, 0.717) is 29.1 Å². The zero-order valence-corrected chi connectivity index (χ0v) is 14.8. The summed E-state index contributed by atoms with van der Waals surface area (Å²) in [6.45, 7) is 3.93. The van der Waals surface area contributed by atoms with Crippen LogP contribution in [0.4, 0.5) is 5.13 Å². The number of hydrogen-bond donors (Lipinski definition) is 1. The van der Waals surface area contributed by atoms with Gasteiger partial charge in [0.2, 0.25) is 0 Å². The molecule has 128 valence electrons. The molecule has 1 aromatic heterocycles. The van der Waals surface area contributed by atoms with E-state index < -0.39 is 6.04 Å². The topological polar surface area (TPSA) is 70.5 Å². The predicted molar refractivity (Wildman–Crippen MR) is 95.8 cm³/mol. The summed E-state index contributed by atoms with van der Waals surface area (Å²) in [5.74, 6) is -0.212. The third-order valence-corrected chi connectivity index (χ3v) is 5.53. The molecular weight excluding hydrogens is 336 g/mol. The fraction of sp³-hybridized carbons (Fsp3) is 0.316. The van der Waals surface area contributed by atoms with Gasteiger partial charge in [0.05, 0.1) is 11.6 Å². The number of aromatic nitrogens is 1. The number of carbonyl (C=O) groups is 2. The maximum Gasteiger partial charge on any atom is 0.261 e. The van der Waals surface area contributed by atoms with E-state index in [4.69, 9.17) is 0 Å². The molecule has 0 saturated carbocycles. The fourth-order valence-electron chi connectivity index (χ4n) is 3.75. The third-order valence-electron chi connectivity index (χ3n) is 4.76. The molecule has 1 aliphatic carbocycles. The van der Waals surface area contributed by atoms with Crippen LogP contribution in [0.5, 0.6) is 0 Å². The van der Waals surface area contributed by atoms with Gasteiger partial charge in [-0.2, -0.15) is 0 Å². The second-order valence-corrected chi connectivity index (χ2v) is 8.15. The zero-order valence-electron chi connectivity index (χ0n) is 14.0. The number of ketones is 1. The fourth-order valence-corrected chi connectivity index (χ4v) is 4.41. The van der Waals surface area contributed by atoms with Gasteiger partial charge in [-0.05, 0) is 17.0 Å². The molecule has 2 aromatic rings. The van der Waals surface area contributed by atoms with Crippen LogP contribution < -0.4 is 4.90 Å². The van der Waals surface area contributed by atoms with Crippen molar-refractivity contribution in [3.05, 3.63) is 58.3 Å². The van der Waals surface area contributed by atoms with E-state index in [-0.39, 0.29) is 22.9 Å².